The van der Waals surface area contributed by atoms with Gasteiger partial charge in [0.2, 0.25) is 0 Å². The first-order chi connectivity index (χ1) is 14.5. The minimum absolute atomic E-state index is 0.226. The van der Waals surface area contributed by atoms with Crippen LogP contribution in [0.15, 0.2) is 40.9 Å². The molecule has 0 spiro atoms. The largest absolute Gasteiger partial charge is 0.493 e. The number of piperazine rings is 1. The summed E-state index contributed by atoms with van der Waals surface area (Å²) in [6, 6.07) is 12.1. The van der Waals surface area contributed by atoms with Gasteiger partial charge in [0, 0.05) is 43.6 Å². The lowest BCUT2D eigenvalue weighted by atomic mass is 10.1. The number of hydrogen-bond donors (Lipinski definition) is 0. The lowest BCUT2D eigenvalue weighted by molar-refractivity contribution is 0.0751. The molecule has 2 aromatic rings. The van der Waals surface area contributed by atoms with E-state index in [-0.39, 0.29) is 6.09 Å². The Kier molecular flexibility index (Phi) is 7.99. The second-order valence-electron chi connectivity index (χ2n) is 7.35. The topological polar surface area (TPSA) is 51.2 Å². The monoisotopic (exact) mass is 476 g/mol. The number of rotatable bonds is 7. The zero-order valence-corrected chi connectivity index (χ0v) is 19.4. The maximum Gasteiger partial charge on any atom is 0.409 e. The van der Waals surface area contributed by atoms with Crippen molar-refractivity contribution in [2.75, 3.05) is 47.0 Å². The summed E-state index contributed by atoms with van der Waals surface area (Å²) in [5, 5.41) is 0. The number of nitrogens with zero attached hydrogens (tertiary/aromatic N) is 2. The van der Waals surface area contributed by atoms with Crippen LogP contribution in [-0.4, -0.2) is 62.9 Å². The molecule has 1 fully saturated rings. The van der Waals surface area contributed by atoms with Gasteiger partial charge in [-0.1, -0.05) is 40.2 Å². The minimum Gasteiger partial charge on any atom is -0.493 e. The highest BCUT2D eigenvalue weighted by molar-refractivity contribution is 9.10. The summed E-state index contributed by atoms with van der Waals surface area (Å²) in [7, 11) is 3.27. The molecule has 1 amide bonds. The molecule has 0 unspecified atom stereocenters. The van der Waals surface area contributed by atoms with E-state index in [1.165, 1.54) is 11.1 Å². The van der Waals surface area contributed by atoms with Crippen LogP contribution in [0.2, 0.25) is 0 Å². The van der Waals surface area contributed by atoms with E-state index in [4.69, 9.17) is 14.2 Å². The van der Waals surface area contributed by atoms with E-state index < -0.39 is 0 Å². The average Bonchev–Trinajstić information content (AvgIpc) is 2.76. The Hall–Kier alpha value is -2.25. The van der Waals surface area contributed by atoms with Crippen LogP contribution in [0, 0.1) is 6.92 Å². The predicted octanol–water partition coefficient (Wildman–Crippen LogP) is 4.27. The molecule has 1 aliphatic rings. The molecule has 30 heavy (non-hydrogen) atoms. The predicted molar refractivity (Wildman–Crippen MR) is 120 cm³/mol. The van der Waals surface area contributed by atoms with Crippen LogP contribution < -0.4 is 9.47 Å². The molecule has 1 saturated heterocycles. The van der Waals surface area contributed by atoms with Crippen LogP contribution >= 0.6 is 15.9 Å². The molecule has 0 N–H and O–H groups in total. The molecule has 0 bridgehead atoms. The number of amides is 1. The fourth-order valence-electron chi connectivity index (χ4n) is 3.58. The smallest absolute Gasteiger partial charge is 0.409 e. The summed E-state index contributed by atoms with van der Waals surface area (Å²) in [6.45, 7) is 6.18. The normalized spacial score (nSPS) is 14.5. The first kappa shape index (κ1) is 22.4. The molecular formula is C23H29BrN2O4. The van der Waals surface area contributed by atoms with Crippen molar-refractivity contribution in [3.05, 3.63) is 57.6 Å². The number of carbonyl (C=O) groups is 1. The van der Waals surface area contributed by atoms with E-state index in [2.05, 4.69) is 39.9 Å². The van der Waals surface area contributed by atoms with Gasteiger partial charge in [-0.05, 0) is 35.7 Å². The average molecular weight is 477 g/mol. The van der Waals surface area contributed by atoms with Gasteiger partial charge in [-0.15, -0.1) is 0 Å². The molecule has 0 atom stereocenters. The Bertz CT molecular complexity index is 866. The quantitative estimate of drug-likeness (QED) is 0.596. The summed E-state index contributed by atoms with van der Waals surface area (Å²) in [5.41, 5.74) is 3.57. The van der Waals surface area contributed by atoms with Crippen molar-refractivity contribution in [1.29, 1.82) is 0 Å². The molecule has 1 heterocycles. The molecule has 0 aliphatic carbocycles. The van der Waals surface area contributed by atoms with Gasteiger partial charge in [-0.2, -0.15) is 0 Å². The van der Waals surface area contributed by atoms with Crippen molar-refractivity contribution < 1.29 is 19.0 Å². The van der Waals surface area contributed by atoms with Gasteiger partial charge in [0.05, 0.1) is 20.8 Å². The van der Waals surface area contributed by atoms with Crippen molar-refractivity contribution in [1.82, 2.24) is 9.80 Å². The first-order valence-electron chi connectivity index (χ1n) is 10.1. The van der Waals surface area contributed by atoms with Crippen molar-refractivity contribution in [2.45, 2.75) is 19.9 Å². The number of halogens is 1. The van der Waals surface area contributed by atoms with E-state index in [1.807, 2.05) is 24.3 Å². The van der Waals surface area contributed by atoms with Gasteiger partial charge in [0.1, 0.15) is 0 Å². The van der Waals surface area contributed by atoms with Gasteiger partial charge in [-0.3, -0.25) is 4.90 Å². The van der Waals surface area contributed by atoms with E-state index in [9.17, 15) is 4.79 Å². The number of aryl methyl sites for hydroxylation is 1. The van der Waals surface area contributed by atoms with E-state index in [0.717, 1.165) is 36.1 Å². The van der Waals surface area contributed by atoms with E-state index in [0.29, 0.717) is 31.2 Å². The third-order valence-corrected chi connectivity index (χ3v) is 6.17. The summed E-state index contributed by atoms with van der Waals surface area (Å²) < 4.78 is 17.2. The number of carbonyl (C=O) groups excluding carboxylic acids is 1. The third-order valence-electron chi connectivity index (χ3n) is 5.44. The van der Waals surface area contributed by atoms with Crippen molar-refractivity contribution in [3.8, 4) is 11.5 Å². The lowest BCUT2D eigenvalue weighted by Gasteiger charge is -2.34. The maximum atomic E-state index is 12.4. The van der Waals surface area contributed by atoms with E-state index >= 15 is 0 Å². The number of ether oxygens (including phenoxy) is 3. The highest BCUT2D eigenvalue weighted by atomic mass is 79.9. The standard InChI is InChI=1S/C23H29BrN2O4/c1-17-6-4-5-7-18(17)8-13-30-23(27)26-11-9-25(10-12-26)16-19-14-21(28-2)22(29-3)15-20(19)24/h4-7,14-15H,8-13,16H2,1-3H3. The van der Waals surface area contributed by atoms with Gasteiger partial charge in [0.25, 0.3) is 0 Å². The molecule has 2 aromatic carbocycles. The van der Waals surface area contributed by atoms with Crippen molar-refractivity contribution >= 4 is 22.0 Å². The highest BCUT2D eigenvalue weighted by Crippen LogP contribution is 2.34. The molecule has 0 saturated carbocycles. The summed E-state index contributed by atoms with van der Waals surface area (Å²) >= 11 is 3.62. The van der Waals surface area contributed by atoms with E-state index in [1.54, 1.807) is 19.1 Å². The Labute approximate surface area is 186 Å². The molecular weight excluding hydrogens is 448 g/mol. The zero-order chi connectivity index (χ0) is 21.5. The molecule has 7 heteroatoms. The molecule has 3 rings (SSSR count). The molecule has 1 aliphatic heterocycles. The van der Waals surface area contributed by atoms with Gasteiger partial charge < -0.3 is 19.1 Å². The SMILES string of the molecule is COc1cc(Br)c(CN2CCN(C(=O)OCCc3ccccc3C)CC2)cc1OC. The number of benzene rings is 2. The Morgan fingerprint density at radius 1 is 1.00 bits per heavy atom. The van der Waals surface area contributed by atoms with Crippen LogP contribution in [0.4, 0.5) is 4.79 Å². The van der Waals surface area contributed by atoms with Crippen molar-refractivity contribution in [3.63, 3.8) is 0 Å². The molecule has 0 radical (unpaired) electrons. The van der Waals surface area contributed by atoms with Gasteiger partial charge in [0.15, 0.2) is 11.5 Å². The Balaban J connectivity index is 1.46. The summed E-state index contributed by atoms with van der Waals surface area (Å²) in [4.78, 5) is 16.5. The highest BCUT2D eigenvalue weighted by Gasteiger charge is 2.23. The minimum atomic E-state index is -0.226. The third kappa shape index (κ3) is 5.67. The second kappa shape index (κ2) is 10.7. The molecule has 0 aromatic heterocycles. The molecule has 6 nitrogen and oxygen atoms in total. The fourth-order valence-corrected chi connectivity index (χ4v) is 4.02. The van der Waals surface area contributed by atoms with Crippen molar-refractivity contribution in [2.24, 2.45) is 0 Å². The molecule has 162 valence electrons. The Morgan fingerprint density at radius 2 is 1.67 bits per heavy atom. The Morgan fingerprint density at radius 3 is 2.33 bits per heavy atom. The first-order valence-corrected chi connectivity index (χ1v) is 10.9. The lowest BCUT2D eigenvalue weighted by Crippen LogP contribution is -2.48. The van der Waals surface area contributed by atoms with Crippen LogP contribution in [0.1, 0.15) is 16.7 Å². The summed E-state index contributed by atoms with van der Waals surface area (Å²) in [6.07, 6.45) is 0.515. The maximum absolute atomic E-state index is 12.4. The number of methoxy groups -OCH3 is 2. The second-order valence-corrected chi connectivity index (χ2v) is 8.21. The zero-order valence-electron chi connectivity index (χ0n) is 17.8. The van der Waals surface area contributed by atoms with Gasteiger partial charge in [-0.25, -0.2) is 4.79 Å². The number of hydrogen-bond acceptors (Lipinski definition) is 5. The summed E-state index contributed by atoms with van der Waals surface area (Å²) in [5.74, 6) is 1.41. The van der Waals surface area contributed by atoms with Gasteiger partial charge >= 0.3 is 6.09 Å². The van der Waals surface area contributed by atoms with Crippen LogP contribution in [0.25, 0.3) is 0 Å². The van der Waals surface area contributed by atoms with Crippen LogP contribution in [0.3, 0.4) is 0 Å². The van der Waals surface area contributed by atoms with Crippen LogP contribution in [0.5, 0.6) is 11.5 Å². The fraction of sp³-hybridized carbons (Fsp3) is 0.435. The van der Waals surface area contributed by atoms with Crippen LogP contribution in [-0.2, 0) is 17.7 Å².